The molecule has 0 N–H and O–H groups in total. The number of hydrogen-bond donors (Lipinski definition) is 0. The average Bonchev–Trinajstić information content (AvgIpc) is 3.04. The summed E-state index contributed by atoms with van der Waals surface area (Å²) in [5.41, 5.74) is 5.59. The number of fused-ring (bicyclic) bond motifs is 1. The van der Waals surface area contributed by atoms with Crippen molar-refractivity contribution in [3.63, 3.8) is 0 Å². The van der Waals surface area contributed by atoms with Gasteiger partial charge in [-0.2, -0.15) is 0 Å². The number of aryl methyl sites for hydroxylation is 1. The van der Waals surface area contributed by atoms with Crippen molar-refractivity contribution >= 4 is 0 Å². The van der Waals surface area contributed by atoms with Crippen LogP contribution in [0.3, 0.4) is 0 Å². The minimum absolute atomic E-state index is 0.178. The van der Waals surface area contributed by atoms with Crippen molar-refractivity contribution in [2.75, 3.05) is 6.54 Å². The summed E-state index contributed by atoms with van der Waals surface area (Å²) in [6, 6.07) is 18.2. The molecule has 4 rings (SSSR count). The van der Waals surface area contributed by atoms with E-state index in [1.807, 2.05) is 18.5 Å². The third-order valence-electron chi connectivity index (χ3n) is 5.56. The molecule has 3 aromatic rings. The second-order valence-corrected chi connectivity index (χ2v) is 8.59. The highest BCUT2D eigenvalue weighted by molar-refractivity contribution is 5.34. The Morgan fingerprint density at radius 2 is 1.81 bits per heavy atom. The number of nitrogens with zero attached hydrogens (tertiary/aromatic N) is 3. The lowest BCUT2D eigenvalue weighted by Gasteiger charge is -2.31. The molecule has 1 aliphatic rings. The van der Waals surface area contributed by atoms with E-state index in [9.17, 15) is 0 Å². The van der Waals surface area contributed by atoms with Crippen LogP contribution in [0.2, 0.25) is 0 Å². The van der Waals surface area contributed by atoms with Gasteiger partial charge in [0.05, 0.1) is 6.04 Å². The molecule has 0 bridgehead atoms. The Morgan fingerprint density at radius 3 is 2.52 bits per heavy atom. The molecule has 0 spiro atoms. The predicted octanol–water partition coefficient (Wildman–Crippen LogP) is 5.18. The summed E-state index contributed by atoms with van der Waals surface area (Å²) < 4.78 is 2.42. The molecule has 27 heavy (non-hydrogen) atoms. The Balaban J connectivity index is 1.72. The molecule has 1 unspecified atom stereocenters. The SMILES string of the molecule is CC(C)(C)c1ccc(C2c3cccn3CCCN2Cc2cccnc2)cc1. The first-order chi connectivity index (χ1) is 13.0. The van der Waals surface area contributed by atoms with Crippen LogP contribution in [0.1, 0.15) is 55.6 Å². The molecule has 0 aliphatic carbocycles. The van der Waals surface area contributed by atoms with E-state index in [1.54, 1.807) is 0 Å². The van der Waals surface area contributed by atoms with Crippen LogP contribution < -0.4 is 0 Å². The summed E-state index contributed by atoms with van der Waals surface area (Å²) in [6.07, 6.45) is 7.22. The van der Waals surface area contributed by atoms with Gasteiger partial charge in [-0.25, -0.2) is 0 Å². The zero-order valence-electron chi connectivity index (χ0n) is 16.6. The highest BCUT2D eigenvalue weighted by atomic mass is 15.2. The lowest BCUT2D eigenvalue weighted by atomic mass is 9.86. The van der Waals surface area contributed by atoms with Crippen molar-refractivity contribution in [1.82, 2.24) is 14.5 Å². The van der Waals surface area contributed by atoms with Gasteiger partial charge in [0.2, 0.25) is 0 Å². The summed E-state index contributed by atoms with van der Waals surface area (Å²) in [7, 11) is 0. The van der Waals surface area contributed by atoms with Gasteiger partial charge in [0, 0.05) is 43.9 Å². The molecular formula is C24H29N3. The maximum Gasteiger partial charge on any atom is 0.0759 e. The lowest BCUT2D eigenvalue weighted by molar-refractivity contribution is 0.220. The summed E-state index contributed by atoms with van der Waals surface area (Å²) in [4.78, 5) is 6.91. The molecule has 1 aliphatic heterocycles. The predicted molar refractivity (Wildman–Crippen MR) is 111 cm³/mol. The first-order valence-corrected chi connectivity index (χ1v) is 9.91. The van der Waals surface area contributed by atoms with Crippen molar-refractivity contribution in [3.8, 4) is 0 Å². The van der Waals surface area contributed by atoms with Gasteiger partial charge in [-0.15, -0.1) is 0 Å². The molecule has 0 fully saturated rings. The molecule has 0 saturated heterocycles. The van der Waals surface area contributed by atoms with Crippen LogP contribution in [0.15, 0.2) is 67.1 Å². The molecule has 3 nitrogen and oxygen atoms in total. The highest BCUT2D eigenvalue weighted by Gasteiger charge is 2.27. The van der Waals surface area contributed by atoms with Crippen molar-refractivity contribution in [2.45, 2.75) is 51.7 Å². The number of aromatic nitrogens is 2. The fourth-order valence-corrected chi connectivity index (χ4v) is 4.08. The molecule has 0 radical (unpaired) electrons. The Kier molecular flexibility index (Phi) is 4.88. The van der Waals surface area contributed by atoms with Gasteiger partial charge in [0.25, 0.3) is 0 Å². The first kappa shape index (κ1) is 18.0. The van der Waals surface area contributed by atoms with Gasteiger partial charge < -0.3 is 4.57 Å². The maximum atomic E-state index is 4.31. The van der Waals surface area contributed by atoms with E-state index in [0.29, 0.717) is 0 Å². The van der Waals surface area contributed by atoms with Gasteiger partial charge in [-0.1, -0.05) is 51.1 Å². The van der Waals surface area contributed by atoms with Gasteiger partial charge in [0.15, 0.2) is 0 Å². The van der Waals surface area contributed by atoms with Crippen molar-refractivity contribution in [1.29, 1.82) is 0 Å². The molecule has 3 heterocycles. The lowest BCUT2D eigenvalue weighted by Crippen LogP contribution is -2.29. The summed E-state index contributed by atoms with van der Waals surface area (Å²) in [5.74, 6) is 0. The Bertz CT molecular complexity index is 872. The van der Waals surface area contributed by atoms with E-state index in [0.717, 1.165) is 19.6 Å². The zero-order chi connectivity index (χ0) is 18.9. The maximum absolute atomic E-state index is 4.31. The molecule has 140 valence electrons. The summed E-state index contributed by atoms with van der Waals surface area (Å²) >= 11 is 0. The van der Waals surface area contributed by atoms with E-state index in [-0.39, 0.29) is 11.5 Å². The van der Waals surface area contributed by atoms with E-state index in [4.69, 9.17) is 0 Å². The number of hydrogen-bond acceptors (Lipinski definition) is 2. The summed E-state index contributed by atoms with van der Waals surface area (Å²) in [6.45, 7) is 9.91. The Hall–Kier alpha value is -2.39. The minimum atomic E-state index is 0.178. The molecule has 1 atom stereocenters. The number of pyridine rings is 1. The monoisotopic (exact) mass is 359 g/mol. The highest BCUT2D eigenvalue weighted by Crippen LogP contribution is 2.34. The topological polar surface area (TPSA) is 21.1 Å². The van der Waals surface area contributed by atoms with Crippen molar-refractivity contribution < 1.29 is 0 Å². The molecule has 3 heteroatoms. The second-order valence-electron chi connectivity index (χ2n) is 8.59. The van der Waals surface area contributed by atoms with Gasteiger partial charge in [-0.05, 0) is 46.7 Å². The molecular weight excluding hydrogens is 330 g/mol. The fraction of sp³-hybridized carbons (Fsp3) is 0.375. The van der Waals surface area contributed by atoms with Crippen LogP contribution in [0.4, 0.5) is 0 Å². The van der Waals surface area contributed by atoms with Gasteiger partial charge >= 0.3 is 0 Å². The van der Waals surface area contributed by atoms with Gasteiger partial charge in [0.1, 0.15) is 0 Å². The Labute approximate surface area is 162 Å². The summed E-state index contributed by atoms with van der Waals surface area (Å²) in [5, 5.41) is 0. The average molecular weight is 360 g/mol. The quantitative estimate of drug-likeness (QED) is 0.643. The van der Waals surface area contributed by atoms with Crippen LogP contribution in [0.5, 0.6) is 0 Å². The molecule has 0 amide bonds. The third-order valence-corrected chi connectivity index (χ3v) is 5.56. The van der Waals surface area contributed by atoms with E-state index in [1.165, 1.54) is 28.8 Å². The van der Waals surface area contributed by atoms with Crippen LogP contribution in [-0.2, 0) is 18.5 Å². The fourth-order valence-electron chi connectivity index (χ4n) is 4.08. The second kappa shape index (κ2) is 7.32. The smallest absolute Gasteiger partial charge is 0.0759 e. The first-order valence-electron chi connectivity index (χ1n) is 9.91. The number of benzene rings is 1. The molecule has 0 saturated carbocycles. The van der Waals surface area contributed by atoms with Crippen LogP contribution in [0, 0.1) is 0 Å². The third kappa shape index (κ3) is 3.84. The minimum Gasteiger partial charge on any atom is -0.350 e. The number of rotatable bonds is 3. The Morgan fingerprint density at radius 1 is 1.00 bits per heavy atom. The van der Waals surface area contributed by atoms with E-state index in [2.05, 4.69) is 83.9 Å². The van der Waals surface area contributed by atoms with E-state index >= 15 is 0 Å². The largest absolute Gasteiger partial charge is 0.350 e. The zero-order valence-corrected chi connectivity index (χ0v) is 16.6. The van der Waals surface area contributed by atoms with Crippen LogP contribution in [-0.4, -0.2) is 21.0 Å². The van der Waals surface area contributed by atoms with E-state index < -0.39 is 0 Å². The normalized spacial score (nSPS) is 18.1. The molecule has 1 aromatic carbocycles. The van der Waals surface area contributed by atoms with Crippen LogP contribution >= 0.6 is 0 Å². The van der Waals surface area contributed by atoms with Crippen molar-refractivity contribution in [2.24, 2.45) is 0 Å². The van der Waals surface area contributed by atoms with Crippen molar-refractivity contribution in [3.05, 3.63) is 89.5 Å². The molecule has 2 aromatic heterocycles. The van der Waals surface area contributed by atoms with Gasteiger partial charge in [-0.3, -0.25) is 9.88 Å². The van der Waals surface area contributed by atoms with Crippen LogP contribution in [0.25, 0.3) is 0 Å². The standard InChI is InChI=1S/C24H29N3/c1-24(2,3)21-11-9-20(10-12-21)23-22-8-5-14-26(22)15-6-16-27(23)18-19-7-4-13-25-17-19/h4-5,7-14,17,23H,6,15-16,18H2,1-3H3.